The van der Waals surface area contributed by atoms with Crippen molar-refractivity contribution in [3.05, 3.63) is 33.4 Å². The molecule has 0 saturated carbocycles. The van der Waals surface area contributed by atoms with E-state index < -0.39 is 18.0 Å². The zero-order valence-electron chi connectivity index (χ0n) is 13.9. The van der Waals surface area contributed by atoms with E-state index in [-0.39, 0.29) is 6.61 Å². The van der Waals surface area contributed by atoms with E-state index in [9.17, 15) is 9.59 Å². The van der Waals surface area contributed by atoms with E-state index in [2.05, 4.69) is 26.6 Å². The molecule has 0 saturated heterocycles. The number of benzene rings is 1. The molecule has 1 aliphatic heterocycles. The molecular weight excluding hydrogens is 380 g/mol. The Morgan fingerprint density at radius 3 is 2.46 bits per heavy atom. The second-order valence-electron chi connectivity index (χ2n) is 5.02. The molecule has 1 aromatic carbocycles. The van der Waals surface area contributed by atoms with E-state index in [1.165, 1.54) is 14.2 Å². The van der Waals surface area contributed by atoms with Gasteiger partial charge in [-0.25, -0.2) is 9.59 Å². The smallest absolute Gasteiger partial charge is 0.338 e. The van der Waals surface area contributed by atoms with Gasteiger partial charge < -0.3 is 24.8 Å². The lowest BCUT2D eigenvalue weighted by Crippen LogP contribution is -2.45. The zero-order chi connectivity index (χ0) is 17.9. The van der Waals surface area contributed by atoms with Crippen LogP contribution < -0.4 is 20.1 Å². The molecule has 1 aliphatic rings. The molecule has 1 heterocycles. The van der Waals surface area contributed by atoms with Crippen LogP contribution in [0.1, 0.15) is 25.5 Å². The summed E-state index contributed by atoms with van der Waals surface area (Å²) in [5.41, 5.74) is 1.44. The van der Waals surface area contributed by atoms with Crippen molar-refractivity contribution in [2.75, 3.05) is 20.8 Å². The van der Waals surface area contributed by atoms with Crippen molar-refractivity contribution < 1.29 is 23.8 Å². The topological polar surface area (TPSA) is 85.9 Å². The first-order valence-corrected chi connectivity index (χ1v) is 8.09. The maximum atomic E-state index is 12.3. The standard InChI is InChI=1S/C16H19BrN2O5/c1-5-24-15(20)13-8(2)18-16(21)19-14(13)9-6-11(22-3)12(23-4)7-10(9)17/h6-7,14H,5H2,1-4H3,(H2,18,19,21)/t14-/m0/s1. The molecule has 130 valence electrons. The first-order valence-electron chi connectivity index (χ1n) is 7.29. The predicted molar refractivity (Wildman–Crippen MR) is 91.0 cm³/mol. The minimum Gasteiger partial charge on any atom is -0.493 e. The van der Waals surface area contributed by atoms with Crippen molar-refractivity contribution in [1.82, 2.24) is 10.6 Å². The first kappa shape index (κ1) is 18.1. The van der Waals surface area contributed by atoms with Crippen LogP contribution in [0.25, 0.3) is 0 Å². The van der Waals surface area contributed by atoms with Crippen molar-refractivity contribution in [3.8, 4) is 11.5 Å². The number of halogens is 1. The van der Waals surface area contributed by atoms with Gasteiger partial charge in [-0.2, -0.15) is 0 Å². The monoisotopic (exact) mass is 398 g/mol. The van der Waals surface area contributed by atoms with Gasteiger partial charge in [0.05, 0.1) is 32.4 Å². The number of urea groups is 1. The Kier molecular flexibility index (Phi) is 5.71. The van der Waals surface area contributed by atoms with Crippen LogP contribution in [-0.2, 0) is 9.53 Å². The molecule has 2 amide bonds. The minimum atomic E-state index is -0.674. The third kappa shape index (κ3) is 3.48. The largest absolute Gasteiger partial charge is 0.493 e. The molecule has 0 bridgehead atoms. The number of rotatable bonds is 5. The van der Waals surface area contributed by atoms with Gasteiger partial charge in [-0.05, 0) is 31.5 Å². The number of hydrogen-bond acceptors (Lipinski definition) is 5. The molecule has 0 aliphatic carbocycles. The number of ether oxygens (including phenoxy) is 3. The molecule has 24 heavy (non-hydrogen) atoms. The Labute approximate surface area is 148 Å². The van der Waals surface area contributed by atoms with E-state index in [4.69, 9.17) is 14.2 Å². The predicted octanol–water partition coefficient (Wildman–Crippen LogP) is 2.66. The van der Waals surface area contributed by atoms with Crippen LogP contribution in [0, 0.1) is 0 Å². The SMILES string of the molecule is CCOC(=O)C1=C(C)NC(=O)N[C@H]1c1cc(OC)c(OC)cc1Br. The number of carbonyl (C=O) groups is 2. The van der Waals surface area contributed by atoms with Gasteiger partial charge in [0, 0.05) is 10.2 Å². The molecule has 8 heteroatoms. The van der Waals surface area contributed by atoms with Gasteiger partial charge in [-0.1, -0.05) is 15.9 Å². The Hall–Kier alpha value is -2.22. The van der Waals surface area contributed by atoms with E-state index in [1.807, 2.05) is 0 Å². The third-order valence-electron chi connectivity index (χ3n) is 3.58. The lowest BCUT2D eigenvalue weighted by molar-refractivity contribution is -0.139. The number of hydrogen-bond donors (Lipinski definition) is 2. The normalized spacial score (nSPS) is 17.0. The molecule has 0 unspecified atom stereocenters. The lowest BCUT2D eigenvalue weighted by atomic mass is 9.95. The van der Waals surface area contributed by atoms with E-state index in [1.54, 1.807) is 26.0 Å². The molecule has 0 radical (unpaired) electrons. The van der Waals surface area contributed by atoms with Crippen molar-refractivity contribution in [1.29, 1.82) is 0 Å². The Bertz CT molecular complexity index is 702. The third-order valence-corrected chi connectivity index (χ3v) is 4.27. The Morgan fingerprint density at radius 1 is 1.25 bits per heavy atom. The fourth-order valence-electron chi connectivity index (χ4n) is 2.50. The number of nitrogens with one attached hydrogen (secondary N) is 2. The van der Waals surface area contributed by atoms with Gasteiger partial charge in [0.25, 0.3) is 0 Å². The van der Waals surface area contributed by atoms with Crippen LogP contribution >= 0.6 is 15.9 Å². The summed E-state index contributed by atoms with van der Waals surface area (Å²) in [6.07, 6.45) is 0. The molecular formula is C16H19BrN2O5. The van der Waals surface area contributed by atoms with Gasteiger partial charge in [0.2, 0.25) is 0 Å². The van der Waals surface area contributed by atoms with Gasteiger partial charge in [0.1, 0.15) is 0 Å². The van der Waals surface area contributed by atoms with Crippen molar-refractivity contribution >= 4 is 27.9 Å². The van der Waals surface area contributed by atoms with Crippen molar-refractivity contribution in [3.63, 3.8) is 0 Å². The maximum absolute atomic E-state index is 12.3. The average Bonchev–Trinajstić information content (AvgIpc) is 2.53. The highest BCUT2D eigenvalue weighted by Gasteiger charge is 2.33. The van der Waals surface area contributed by atoms with Crippen LogP contribution in [0.5, 0.6) is 11.5 Å². The molecule has 2 rings (SSSR count). The zero-order valence-corrected chi connectivity index (χ0v) is 15.4. The summed E-state index contributed by atoms with van der Waals surface area (Å²) in [7, 11) is 3.05. The van der Waals surface area contributed by atoms with Crippen LogP contribution in [0.4, 0.5) is 4.79 Å². The van der Waals surface area contributed by atoms with Crippen LogP contribution in [-0.4, -0.2) is 32.8 Å². The fourth-order valence-corrected chi connectivity index (χ4v) is 3.05. The van der Waals surface area contributed by atoms with Gasteiger partial charge in [-0.15, -0.1) is 0 Å². The highest BCUT2D eigenvalue weighted by Crippen LogP contribution is 2.39. The quantitative estimate of drug-likeness (QED) is 0.744. The molecule has 1 atom stereocenters. The highest BCUT2D eigenvalue weighted by molar-refractivity contribution is 9.10. The second kappa shape index (κ2) is 7.57. The van der Waals surface area contributed by atoms with Gasteiger partial charge >= 0.3 is 12.0 Å². The summed E-state index contributed by atoms with van der Waals surface area (Å²) >= 11 is 3.46. The number of esters is 1. The summed E-state index contributed by atoms with van der Waals surface area (Å²) in [6.45, 7) is 3.62. The maximum Gasteiger partial charge on any atom is 0.338 e. The van der Waals surface area contributed by atoms with E-state index >= 15 is 0 Å². The Balaban J connectivity index is 2.57. The molecule has 0 aromatic heterocycles. The molecule has 0 spiro atoms. The van der Waals surface area contributed by atoms with E-state index in [0.717, 1.165) is 0 Å². The van der Waals surface area contributed by atoms with Crippen LogP contribution in [0.2, 0.25) is 0 Å². The van der Waals surface area contributed by atoms with Crippen LogP contribution in [0.3, 0.4) is 0 Å². The molecule has 7 nitrogen and oxygen atoms in total. The Morgan fingerprint density at radius 2 is 1.88 bits per heavy atom. The molecule has 0 fully saturated rings. The number of methoxy groups -OCH3 is 2. The molecule has 1 aromatic rings. The summed E-state index contributed by atoms with van der Waals surface area (Å²) in [5, 5.41) is 5.34. The van der Waals surface area contributed by atoms with Gasteiger partial charge in [0.15, 0.2) is 11.5 Å². The van der Waals surface area contributed by atoms with Crippen molar-refractivity contribution in [2.45, 2.75) is 19.9 Å². The summed E-state index contributed by atoms with van der Waals surface area (Å²) in [4.78, 5) is 24.2. The summed E-state index contributed by atoms with van der Waals surface area (Å²) in [5.74, 6) is 0.533. The summed E-state index contributed by atoms with van der Waals surface area (Å²) in [6, 6.07) is 2.37. The number of amides is 2. The minimum absolute atomic E-state index is 0.239. The lowest BCUT2D eigenvalue weighted by Gasteiger charge is -2.29. The van der Waals surface area contributed by atoms with Crippen LogP contribution in [0.15, 0.2) is 27.9 Å². The van der Waals surface area contributed by atoms with Gasteiger partial charge in [-0.3, -0.25) is 0 Å². The molecule has 2 N–H and O–H groups in total. The summed E-state index contributed by atoms with van der Waals surface area (Å²) < 4.78 is 16.4. The fraction of sp³-hybridized carbons (Fsp3) is 0.375. The number of allylic oxidation sites excluding steroid dienone is 1. The second-order valence-corrected chi connectivity index (χ2v) is 5.87. The number of carbonyl (C=O) groups excluding carboxylic acids is 2. The van der Waals surface area contributed by atoms with Crippen molar-refractivity contribution in [2.24, 2.45) is 0 Å². The average molecular weight is 399 g/mol. The highest BCUT2D eigenvalue weighted by atomic mass is 79.9. The first-order chi connectivity index (χ1) is 11.4. The van der Waals surface area contributed by atoms with E-state index in [0.29, 0.717) is 32.8 Å².